The summed E-state index contributed by atoms with van der Waals surface area (Å²) in [7, 11) is -3.72. The molecule has 0 saturated heterocycles. The van der Waals surface area contributed by atoms with Crippen LogP contribution in [0.1, 0.15) is 10.4 Å². The van der Waals surface area contributed by atoms with Crippen molar-refractivity contribution in [3.05, 3.63) is 84.4 Å². The zero-order chi connectivity index (χ0) is 20.9. The van der Waals surface area contributed by atoms with Crippen LogP contribution in [0.15, 0.2) is 83.8 Å². The molecule has 3 aromatic carbocycles. The van der Waals surface area contributed by atoms with Crippen LogP contribution in [0, 0.1) is 0 Å². The van der Waals surface area contributed by atoms with E-state index in [4.69, 9.17) is 12.2 Å². The van der Waals surface area contributed by atoms with Gasteiger partial charge in [0.1, 0.15) is 5.75 Å². The summed E-state index contributed by atoms with van der Waals surface area (Å²) in [5, 5.41) is 14.6. The van der Waals surface area contributed by atoms with Gasteiger partial charge in [0.15, 0.2) is 5.11 Å². The van der Waals surface area contributed by atoms with E-state index in [1.165, 1.54) is 36.4 Å². The van der Waals surface area contributed by atoms with E-state index in [0.717, 1.165) is 0 Å². The number of anilines is 2. The third-order valence-electron chi connectivity index (χ3n) is 3.81. The molecule has 0 fully saturated rings. The lowest BCUT2D eigenvalue weighted by Gasteiger charge is -2.11. The predicted molar refractivity (Wildman–Crippen MR) is 115 cm³/mol. The number of nitrogens with one attached hydrogen (secondary N) is 3. The largest absolute Gasteiger partial charge is 0.508 e. The summed E-state index contributed by atoms with van der Waals surface area (Å²) in [6.07, 6.45) is 0. The Morgan fingerprint density at radius 1 is 0.828 bits per heavy atom. The maximum absolute atomic E-state index is 12.4. The molecule has 0 aliphatic carbocycles. The standard InChI is InChI=1S/C20H17N3O4S2/c24-17-10-6-14(7-11-17)19(25)22-20(28)21-15-8-12-18(13-9-15)29(26,27)23-16-4-2-1-3-5-16/h1-13,23-24H,(H2,21,22,25,28). The van der Waals surface area contributed by atoms with Crippen LogP contribution in [0.3, 0.4) is 0 Å². The first-order valence-corrected chi connectivity index (χ1v) is 10.3. The van der Waals surface area contributed by atoms with Gasteiger partial charge in [0.25, 0.3) is 15.9 Å². The van der Waals surface area contributed by atoms with Gasteiger partial charge in [-0.25, -0.2) is 8.42 Å². The number of thiocarbonyl (C=S) groups is 1. The van der Waals surface area contributed by atoms with Crippen molar-refractivity contribution in [2.24, 2.45) is 0 Å². The van der Waals surface area contributed by atoms with Crippen LogP contribution < -0.4 is 15.4 Å². The highest BCUT2D eigenvalue weighted by Crippen LogP contribution is 2.18. The Labute approximate surface area is 173 Å². The summed E-state index contributed by atoms with van der Waals surface area (Å²) < 4.78 is 27.4. The molecule has 9 heteroatoms. The first-order chi connectivity index (χ1) is 13.8. The lowest BCUT2D eigenvalue weighted by molar-refractivity contribution is 0.0977. The summed E-state index contributed by atoms with van der Waals surface area (Å²) in [6.45, 7) is 0. The quantitative estimate of drug-likeness (QED) is 0.465. The normalized spacial score (nSPS) is 10.8. The predicted octanol–water partition coefficient (Wildman–Crippen LogP) is 3.32. The van der Waals surface area contributed by atoms with Gasteiger partial charge in [-0.05, 0) is 72.9 Å². The van der Waals surface area contributed by atoms with E-state index in [1.807, 2.05) is 0 Å². The highest BCUT2D eigenvalue weighted by atomic mass is 32.2. The van der Waals surface area contributed by atoms with Crippen LogP contribution in [0.4, 0.5) is 11.4 Å². The van der Waals surface area contributed by atoms with Gasteiger partial charge in [0.2, 0.25) is 0 Å². The molecule has 0 saturated carbocycles. The van der Waals surface area contributed by atoms with E-state index in [-0.39, 0.29) is 15.8 Å². The Morgan fingerprint density at radius 2 is 1.45 bits per heavy atom. The smallest absolute Gasteiger partial charge is 0.261 e. The minimum atomic E-state index is -3.72. The van der Waals surface area contributed by atoms with Crippen molar-refractivity contribution in [2.45, 2.75) is 4.90 Å². The third kappa shape index (κ3) is 5.53. The summed E-state index contributed by atoms with van der Waals surface area (Å²) in [5.41, 5.74) is 1.31. The van der Waals surface area contributed by atoms with E-state index >= 15 is 0 Å². The van der Waals surface area contributed by atoms with Crippen molar-refractivity contribution >= 4 is 44.6 Å². The molecule has 0 atom stereocenters. The fraction of sp³-hybridized carbons (Fsp3) is 0. The van der Waals surface area contributed by atoms with Gasteiger partial charge in [0.05, 0.1) is 4.90 Å². The molecule has 148 valence electrons. The Morgan fingerprint density at radius 3 is 2.07 bits per heavy atom. The van der Waals surface area contributed by atoms with Crippen molar-refractivity contribution < 1.29 is 18.3 Å². The summed E-state index contributed by atoms with van der Waals surface area (Å²) in [4.78, 5) is 12.2. The van der Waals surface area contributed by atoms with Crippen molar-refractivity contribution in [2.75, 3.05) is 10.0 Å². The molecule has 0 unspecified atom stereocenters. The number of rotatable bonds is 5. The second-order valence-corrected chi connectivity index (χ2v) is 8.04. The molecule has 4 N–H and O–H groups in total. The average molecular weight is 428 g/mol. The first kappa shape index (κ1) is 20.3. The lowest BCUT2D eigenvalue weighted by atomic mass is 10.2. The maximum Gasteiger partial charge on any atom is 0.261 e. The molecular weight excluding hydrogens is 410 g/mol. The van der Waals surface area contributed by atoms with Gasteiger partial charge in [-0.15, -0.1) is 0 Å². The molecule has 0 heterocycles. The number of aromatic hydroxyl groups is 1. The number of phenols is 1. The Balaban J connectivity index is 1.62. The zero-order valence-electron chi connectivity index (χ0n) is 15.0. The third-order valence-corrected chi connectivity index (χ3v) is 5.41. The number of carbonyl (C=O) groups is 1. The molecule has 0 bridgehead atoms. The maximum atomic E-state index is 12.4. The summed E-state index contributed by atoms with van der Waals surface area (Å²) in [5.74, 6) is -0.382. The first-order valence-electron chi connectivity index (χ1n) is 8.43. The van der Waals surface area contributed by atoms with E-state index in [9.17, 15) is 18.3 Å². The highest BCUT2D eigenvalue weighted by molar-refractivity contribution is 7.92. The number of amides is 1. The number of para-hydroxylation sites is 1. The van der Waals surface area contributed by atoms with Crippen LogP contribution in [0.2, 0.25) is 0 Å². The minimum absolute atomic E-state index is 0.0547. The van der Waals surface area contributed by atoms with Crippen molar-refractivity contribution in [3.8, 4) is 5.75 Å². The molecule has 3 aromatic rings. The van der Waals surface area contributed by atoms with E-state index in [1.54, 1.807) is 42.5 Å². The van der Waals surface area contributed by atoms with Crippen LogP contribution in [-0.4, -0.2) is 24.5 Å². The molecule has 0 aliphatic heterocycles. The van der Waals surface area contributed by atoms with Crippen LogP contribution in [0.25, 0.3) is 0 Å². The second kappa shape index (κ2) is 8.72. The number of hydrogen-bond acceptors (Lipinski definition) is 5. The Hall–Kier alpha value is -3.43. The Kier molecular flexibility index (Phi) is 6.10. The monoisotopic (exact) mass is 427 g/mol. The molecule has 0 spiro atoms. The number of phenolic OH excluding ortho intramolecular Hbond substituents is 1. The van der Waals surface area contributed by atoms with E-state index < -0.39 is 15.9 Å². The van der Waals surface area contributed by atoms with Crippen LogP contribution in [-0.2, 0) is 10.0 Å². The summed E-state index contributed by atoms with van der Waals surface area (Å²) >= 11 is 5.11. The zero-order valence-corrected chi connectivity index (χ0v) is 16.6. The fourth-order valence-corrected chi connectivity index (χ4v) is 3.66. The van der Waals surface area contributed by atoms with Crippen LogP contribution >= 0.6 is 12.2 Å². The van der Waals surface area contributed by atoms with E-state index in [2.05, 4.69) is 15.4 Å². The lowest BCUT2D eigenvalue weighted by Crippen LogP contribution is -2.34. The second-order valence-electron chi connectivity index (χ2n) is 5.95. The highest BCUT2D eigenvalue weighted by Gasteiger charge is 2.14. The molecule has 29 heavy (non-hydrogen) atoms. The SMILES string of the molecule is O=C(NC(=S)Nc1ccc(S(=O)(=O)Nc2ccccc2)cc1)c1ccc(O)cc1. The topological polar surface area (TPSA) is 108 Å². The fourth-order valence-electron chi connectivity index (χ4n) is 2.39. The van der Waals surface area contributed by atoms with Crippen molar-refractivity contribution in [1.29, 1.82) is 0 Å². The molecular formula is C20H17N3O4S2. The number of sulfonamides is 1. The molecule has 7 nitrogen and oxygen atoms in total. The Bertz CT molecular complexity index is 1110. The number of benzene rings is 3. The van der Waals surface area contributed by atoms with Gasteiger partial charge >= 0.3 is 0 Å². The van der Waals surface area contributed by atoms with Gasteiger partial charge < -0.3 is 10.4 Å². The molecule has 0 aromatic heterocycles. The van der Waals surface area contributed by atoms with Crippen molar-refractivity contribution in [1.82, 2.24) is 5.32 Å². The van der Waals surface area contributed by atoms with Gasteiger partial charge in [-0.1, -0.05) is 18.2 Å². The number of hydrogen-bond donors (Lipinski definition) is 4. The van der Waals surface area contributed by atoms with Gasteiger partial charge in [-0.2, -0.15) is 0 Å². The minimum Gasteiger partial charge on any atom is -0.508 e. The number of carbonyl (C=O) groups excluding carboxylic acids is 1. The summed E-state index contributed by atoms with van der Waals surface area (Å²) in [6, 6.07) is 20.2. The average Bonchev–Trinajstić information content (AvgIpc) is 2.69. The van der Waals surface area contributed by atoms with Gasteiger partial charge in [-0.3, -0.25) is 14.8 Å². The van der Waals surface area contributed by atoms with E-state index in [0.29, 0.717) is 16.9 Å². The molecule has 0 aliphatic rings. The van der Waals surface area contributed by atoms with Gasteiger partial charge in [0, 0.05) is 16.9 Å². The molecule has 0 radical (unpaired) electrons. The molecule has 1 amide bonds. The van der Waals surface area contributed by atoms with Crippen LogP contribution in [0.5, 0.6) is 5.75 Å². The van der Waals surface area contributed by atoms with Crippen molar-refractivity contribution in [3.63, 3.8) is 0 Å². The molecule has 3 rings (SSSR count).